The molecule has 3 nitrogen and oxygen atoms in total. The molecule has 2 N–H and O–H groups in total. The van der Waals surface area contributed by atoms with E-state index in [1.807, 2.05) is 12.1 Å². The van der Waals surface area contributed by atoms with Crippen LogP contribution in [0.1, 0.15) is 6.42 Å². The molecule has 0 aliphatic carbocycles. The van der Waals surface area contributed by atoms with Crippen molar-refractivity contribution < 1.29 is 0 Å². The summed E-state index contributed by atoms with van der Waals surface area (Å²) >= 11 is 0. The normalized spacial score (nSPS) is 16.2. The standard InChI is InChI=1S/C10H13N3/c11-10-8-9(4-5-12-10)13-6-2-1-3-7-13/h1-2,4-5,8H,3,6-7H2,(H2,11,12). The predicted molar refractivity (Wildman–Crippen MR) is 54.6 cm³/mol. The van der Waals surface area contributed by atoms with Crippen LogP contribution in [0, 0.1) is 0 Å². The summed E-state index contributed by atoms with van der Waals surface area (Å²) in [5.74, 6) is 0.590. The smallest absolute Gasteiger partial charge is 0.125 e. The van der Waals surface area contributed by atoms with Crippen molar-refractivity contribution in [1.82, 2.24) is 4.98 Å². The van der Waals surface area contributed by atoms with Gasteiger partial charge in [-0.15, -0.1) is 0 Å². The van der Waals surface area contributed by atoms with Crippen LogP contribution in [-0.4, -0.2) is 18.1 Å². The molecule has 0 amide bonds. The van der Waals surface area contributed by atoms with Crippen molar-refractivity contribution in [3.8, 4) is 0 Å². The molecule has 1 aromatic heterocycles. The minimum absolute atomic E-state index is 0.590. The van der Waals surface area contributed by atoms with Crippen LogP contribution >= 0.6 is 0 Å². The van der Waals surface area contributed by atoms with Gasteiger partial charge in [0.2, 0.25) is 0 Å². The third-order valence-electron chi connectivity index (χ3n) is 2.19. The van der Waals surface area contributed by atoms with Crippen LogP contribution in [-0.2, 0) is 0 Å². The van der Waals surface area contributed by atoms with Gasteiger partial charge in [0.1, 0.15) is 5.82 Å². The van der Waals surface area contributed by atoms with Crippen molar-refractivity contribution in [2.45, 2.75) is 6.42 Å². The van der Waals surface area contributed by atoms with E-state index in [1.165, 1.54) is 0 Å². The third-order valence-corrected chi connectivity index (χ3v) is 2.19. The zero-order valence-corrected chi connectivity index (χ0v) is 7.48. The lowest BCUT2D eigenvalue weighted by Gasteiger charge is -2.25. The first-order valence-corrected chi connectivity index (χ1v) is 4.48. The minimum atomic E-state index is 0.590. The lowest BCUT2D eigenvalue weighted by atomic mass is 10.2. The van der Waals surface area contributed by atoms with E-state index in [1.54, 1.807) is 6.20 Å². The molecule has 1 aliphatic rings. The molecule has 13 heavy (non-hydrogen) atoms. The summed E-state index contributed by atoms with van der Waals surface area (Å²) in [6.45, 7) is 2.05. The fourth-order valence-electron chi connectivity index (χ4n) is 1.51. The van der Waals surface area contributed by atoms with Crippen LogP contribution in [0.15, 0.2) is 30.5 Å². The molecule has 1 aliphatic heterocycles. The molecule has 0 saturated heterocycles. The van der Waals surface area contributed by atoms with Gasteiger partial charge in [-0.3, -0.25) is 0 Å². The van der Waals surface area contributed by atoms with Crippen molar-refractivity contribution in [2.75, 3.05) is 23.7 Å². The van der Waals surface area contributed by atoms with Gasteiger partial charge in [0, 0.05) is 31.0 Å². The van der Waals surface area contributed by atoms with Crippen molar-refractivity contribution in [3.63, 3.8) is 0 Å². The zero-order chi connectivity index (χ0) is 9.10. The number of nitrogens with zero attached hydrogens (tertiary/aromatic N) is 2. The van der Waals surface area contributed by atoms with Gasteiger partial charge in [0.25, 0.3) is 0 Å². The topological polar surface area (TPSA) is 42.1 Å². The Morgan fingerprint density at radius 1 is 1.38 bits per heavy atom. The summed E-state index contributed by atoms with van der Waals surface area (Å²) in [6, 6.07) is 3.91. The van der Waals surface area contributed by atoms with Gasteiger partial charge in [-0.05, 0) is 12.5 Å². The van der Waals surface area contributed by atoms with Crippen LogP contribution < -0.4 is 10.6 Å². The van der Waals surface area contributed by atoms with E-state index in [0.717, 1.165) is 25.2 Å². The maximum absolute atomic E-state index is 5.61. The quantitative estimate of drug-likeness (QED) is 0.656. The van der Waals surface area contributed by atoms with Gasteiger partial charge in [-0.1, -0.05) is 12.2 Å². The second-order valence-electron chi connectivity index (χ2n) is 3.15. The number of nitrogens with two attached hydrogens (primary N) is 1. The highest BCUT2D eigenvalue weighted by atomic mass is 15.1. The maximum Gasteiger partial charge on any atom is 0.125 e. The Bertz CT molecular complexity index is 320. The summed E-state index contributed by atoms with van der Waals surface area (Å²) in [6.07, 6.45) is 7.26. The highest BCUT2D eigenvalue weighted by Crippen LogP contribution is 2.17. The van der Waals surface area contributed by atoms with Gasteiger partial charge in [0.05, 0.1) is 0 Å². The van der Waals surface area contributed by atoms with Gasteiger partial charge in [-0.2, -0.15) is 0 Å². The molecule has 0 radical (unpaired) electrons. The van der Waals surface area contributed by atoms with Crippen LogP contribution in [0.25, 0.3) is 0 Å². The molecule has 2 heterocycles. The molecular formula is C10H13N3. The summed E-state index contributed by atoms with van der Waals surface area (Å²) in [5.41, 5.74) is 6.77. The Balaban J connectivity index is 2.20. The van der Waals surface area contributed by atoms with E-state index in [4.69, 9.17) is 5.73 Å². The Kier molecular flexibility index (Phi) is 2.17. The molecular weight excluding hydrogens is 162 g/mol. The zero-order valence-electron chi connectivity index (χ0n) is 7.48. The average Bonchev–Trinajstić information content (AvgIpc) is 2.19. The Hall–Kier alpha value is -1.51. The first kappa shape index (κ1) is 8.10. The summed E-state index contributed by atoms with van der Waals surface area (Å²) in [7, 11) is 0. The molecule has 3 heteroatoms. The van der Waals surface area contributed by atoms with E-state index in [9.17, 15) is 0 Å². The number of aromatic nitrogens is 1. The lowest BCUT2D eigenvalue weighted by Crippen LogP contribution is -2.26. The molecule has 0 saturated carbocycles. The molecule has 2 rings (SSSR count). The number of nitrogen functional groups attached to an aromatic ring is 1. The lowest BCUT2D eigenvalue weighted by molar-refractivity contribution is 0.820. The monoisotopic (exact) mass is 175 g/mol. The third kappa shape index (κ3) is 1.80. The molecule has 0 aromatic carbocycles. The van der Waals surface area contributed by atoms with Crippen molar-refractivity contribution in [3.05, 3.63) is 30.5 Å². The van der Waals surface area contributed by atoms with E-state index >= 15 is 0 Å². The predicted octanol–water partition coefficient (Wildman–Crippen LogP) is 1.43. The average molecular weight is 175 g/mol. The molecule has 68 valence electrons. The Labute approximate surface area is 77.9 Å². The first-order valence-electron chi connectivity index (χ1n) is 4.48. The second-order valence-corrected chi connectivity index (χ2v) is 3.15. The SMILES string of the molecule is Nc1cc(N2CC=CCC2)ccn1. The van der Waals surface area contributed by atoms with E-state index in [-0.39, 0.29) is 0 Å². The number of hydrogen-bond acceptors (Lipinski definition) is 3. The van der Waals surface area contributed by atoms with E-state index in [2.05, 4.69) is 22.0 Å². The largest absolute Gasteiger partial charge is 0.384 e. The molecule has 0 fully saturated rings. The minimum Gasteiger partial charge on any atom is -0.384 e. The maximum atomic E-state index is 5.61. The van der Waals surface area contributed by atoms with Crippen molar-refractivity contribution in [2.24, 2.45) is 0 Å². The van der Waals surface area contributed by atoms with Crippen LogP contribution in [0.5, 0.6) is 0 Å². The van der Waals surface area contributed by atoms with Gasteiger partial charge in [-0.25, -0.2) is 4.98 Å². The van der Waals surface area contributed by atoms with Gasteiger partial charge in [0.15, 0.2) is 0 Å². The molecule has 0 spiro atoms. The fourth-order valence-corrected chi connectivity index (χ4v) is 1.51. The summed E-state index contributed by atoms with van der Waals surface area (Å²) in [4.78, 5) is 6.26. The van der Waals surface area contributed by atoms with Crippen LogP contribution in [0.4, 0.5) is 11.5 Å². The Morgan fingerprint density at radius 3 is 3.00 bits per heavy atom. The van der Waals surface area contributed by atoms with Crippen molar-refractivity contribution >= 4 is 11.5 Å². The second kappa shape index (κ2) is 3.47. The first-order chi connectivity index (χ1) is 6.36. The van der Waals surface area contributed by atoms with Crippen LogP contribution in [0.2, 0.25) is 0 Å². The molecule has 0 unspecified atom stereocenters. The van der Waals surface area contributed by atoms with Gasteiger partial charge >= 0.3 is 0 Å². The summed E-state index contributed by atoms with van der Waals surface area (Å²) in [5, 5.41) is 0. The van der Waals surface area contributed by atoms with Gasteiger partial charge < -0.3 is 10.6 Å². The fraction of sp³-hybridized carbons (Fsp3) is 0.300. The number of rotatable bonds is 1. The van der Waals surface area contributed by atoms with Crippen molar-refractivity contribution in [1.29, 1.82) is 0 Å². The number of hydrogen-bond donors (Lipinski definition) is 1. The number of anilines is 2. The Morgan fingerprint density at radius 2 is 2.31 bits per heavy atom. The van der Waals surface area contributed by atoms with Crippen LogP contribution in [0.3, 0.4) is 0 Å². The molecule has 0 atom stereocenters. The van der Waals surface area contributed by atoms with E-state index < -0.39 is 0 Å². The molecule has 0 bridgehead atoms. The summed E-state index contributed by atoms with van der Waals surface area (Å²) < 4.78 is 0. The highest BCUT2D eigenvalue weighted by molar-refractivity contribution is 5.52. The highest BCUT2D eigenvalue weighted by Gasteiger charge is 2.06. The van der Waals surface area contributed by atoms with E-state index in [0.29, 0.717) is 5.82 Å². The number of pyridine rings is 1. The molecule has 1 aromatic rings.